The fourth-order valence-electron chi connectivity index (χ4n) is 2.72. The van der Waals surface area contributed by atoms with E-state index in [4.69, 9.17) is 0 Å². The summed E-state index contributed by atoms with van der Waals surface area (Å²) < 4.78 is 0. The number of nitrogens with one attached hydrogen (secondary N) is 1. The maximum absolute atomic E-state index is 4.15. The second-order valence-electron chi connectivity index (χ2n) is 5.30. The van der Waals surface area contributed by atoms with Crippen molar-refractivity contribution in [2.24, 2.45) is 5.92 Å². The zero-order valence-electron chi connectivity index (χ0n) is 11.6. The lowest BCUT2D eigenvalue weighted by molar-refractivity contribution is 0.168. The van der Waals surface area contributed by atoms with E-state index in [0.29, 0.717) is 6.04 Å². The number of pyridine rings is 1. The Balaban J connectivity index is 1.73. The summed E-state index contributed by atoms with van der Waals surface area (Å²) in [5.41, 5.74) is 1.27. The molecule has 1 fully saturated rings. The molecule has 0 aliphatic carbocycles. The normalized spacial score (nSPS) is 19.9. The quantitative estimate of drug-likeness (QED) is 0.865. The number of hydrogen-bond donors (Lipinski definition) is 1. The smallest absolute Gasteiger partial charge is 0.0312 e. The number of piperidine rings is 1. The van der Waals surface area contributed by atoms with Crippen molar-refractivity contribution in [2.75, 3.05) is 19.6 Å². The summed E-state index contributed by atoms with van der Waals surface area (Å²) >= 11 is 0. The molecule has 0 amide bonds. The van der Waals surface area contributed by atoms with E-state index in [1.54, 1.807) is 0 Å². The molecule has 1 aromatic rings. The maximum atomic E-state index is 4.15. The van der Waals surface area contributed by atoms with Gasteiger partial charge in [0.05, 0.1) is 0 Å². The van der Waals surface area contributed by atoms with Gasteiger partial charge in [0, 0.05) is 25.0 Å². The summed E-state index contributed by atoms with van der Waals surface area (Å²) in [5.74, 6) is 0.824. The number of aromatic nitrogens is 1. The first-order valence-electron chi connectivity index (χ1n) is 7.14. The van der Waals surface area contributed by atoms with Gasteiger partial charge in [-0.25, -0.2) is 0 Å². The minimum Gasteiger partial charge on any atom is -0.310 e. The van der Waals surface area contributed by atoms with Crippen LogP contribution in [0.15, 0.2) is 24.5 Å². The van der Waals surface area contributed by atoms with Crippen LogP contribution in [0.5, 0.6) is 0 Å². The van der Waals surface area contributed by atoms with Crippen LogP contribution >= 0.6 is 0 Å². The SMILES string of the molecule is CCN1CCC(C(C)NCc2cccnc2)CC1. The van der Waals surface area contributed by atoms with E-state index in [1.165, 1.54) is 38.0 Å². The number of nitrogens with zero attached hydrogens (tertiary/aromatic N) is 2. The molecule has 3 heteroatoms. The fourth-order valence-corrected chi connectivity index (χ4v) is 2.72. The van der Waals surface area contributed by atoms with Gasteiger partial charge in [-0.3, -0.25) is 4.98 Å². The highest BCUT2D eigenvalue weighted by Gasteiger charge is 2.22. The monoisotopic (exact) mass is 247 g/mol. The molecule has 1 aromatic heterocycles. The lowest BCUT2D eigenvalue weighted by Gasteiger charge is -2.34. The molecule has 0 bridgehead atoms. The molecule has 1 aliphatic rings. The number of hydrogen-bond acceptors (Lipinski definition) is 3. The van der Waals surface area contributed by atoms with Crippen molar-refractivity contribution in [2.45, 2.75) is 39.3 Å². The van der Waals surface area contributed by atoms with Crippen LogP contribution in [-0.4, -0.2) is 35.6 Å². The molecule has 0 radical (unpaired) electrons. The van der Waals surface area contributed by atoms with Crippen molar-refractivity contribution < 1.29 is 0 Å². The molecule has 0 spiro atoms. The van der Waals surface area contributed by atoms with Crippen molar-refractivity contribution in [1.82, 2.24) is 15.2 Å². The number of rotatable bonds is 5. The molecule has 0 aromatic carbocycles. The predicted molar refractivity (Wildman–Crippen MR) is 75.4 cm³/mol. The van der Waals surface area contributed by atoms with E-state index in [2.05, 4.69) is 35.1 Å². The highest BCUT2D eigenvalue weighted by molar-refractivity contribution is 5.08. The summed E-state index contributed by atoms with van der Waals surface area (Å²) in [6.07, 6.45) is 6.43. The summed E-state index contributed by atoms with van der Waals surface area (Å²) in [7, 11) is 0. The van der Waals surface area contributed by atoms with Crippen molar-refractivity contribution >= 4 is 0 Å². The summed E-state index contributed by atoms with van der Waals surface area (Å²) in [6.45, 7) is 9.24. The molecule has 1 unspecified atom stereocenters. The second-order valence-corrected chi connectivity index (χ2v) is 5.30. The highest BCUT2D eigenvalue weighted by atomic mass is 15.1. The van der Waals surface area contributed by atoms with Gasteiger partial charge >= 0.3 is 0 Å². The van der Waals surface area contributed by atoms with E-state index in [1.807, 2.05) is 18.5 Å². The van der Waals surface area contributed by atoms with Gasteiger partial charge in [0.25, 0.3) is 0 Å². The molecule has 2 rings (SSSR count). The molecule has 3 nitrogen and oxygen atoms in total. The summed E-state index contributed by atoms with van der Waals surface area (Å²) in [5, 5.41) is 3.64. The first-order chi connectivity index (χ1) is 8.79. The van der Waals surface area contributed by atoms with E-state index in [0.717, 1.165) is 12.5 Å². The largest absolute Gasteiger partial charge is 0.310 e. The van der Waals surface area contributed by atoms with Crippen LogP contribution in [0.1, 0.15) is 32.3 Å². The predicted octanol–water partition coefficient (Wildman–Crippen LogP) is 2.29. The van der Waals surface area contributed by atoms with Crippen LogP contribution in [0.3, 0.4) is 0 Å². The first-order valence-corrected chi connectivity index (χ1v) is 7.14. The maximum Gasteiger partial charge on any atom is 0.0312 e. The zero-order chi connectivity index (χ0) is 12.8. The van der Waals surface area contributed by atoms with Crippen LogP contribution in [0.2, 0.25) is 0 Å². The van der Waals surface area contributed by atoms with Gasteiger partial charge in [0.15, 0.2) is 0 Å². The Morgan fingerprint density at radius 1 is 1.44 bits per heavy atom. The molecule has 0 saturated carbocycles. The molecule has 1 saturated heterocycles. The van der Waals surface area contributed by atoms with E-state index < -0.39 is 0 Å². The van der Waals surface area contributed by atoms with Crippen LogP contribution in [0, 0.1) is 5.92 Å². The van der Waals surface area contributed by atoms with Crippen molar-refractivity contribution in [1.29, 1.82) is 0 Å². The Morgan fingerprint density at radius 2 is 2.22 bits per heavy atom. The Morgan fingerprint density at radius 3 is 2.83 bits per heavy atom. The summed E-state index contributed by atoms with van der Waals surface area (Å²) in [6, 6.07) is 4.73. The second kappa shape index (κ2) is 6.86. The third-order valence-electron chi connectivity index (χ3n) is 4.14. The molecule has 1 N–H and O–H groups in total. The zero-order valence-corrected chi connectivity index (χ0v) is 11.6. The van der Waals surface area contributed by atoms with E-state index >= 15 is 0 Å². The van der Waals surface area contributed by atoms with Gasteiger partial charge in [0.1, 0.15) is 0 Å². The third-order valence-corrected chi connectivity index (χ3v) is 4.14. The van der Waals surface area contributed by atoms with Gasteiger partial charge in [-0.2, -0.15) is 0 Å². The van der Waals surface area contributed by atoms with E-state index in [-0.39, 0.29) is 0 Å². The van der Waals surface area contributed by atoms with Gasteiger partial charge in [-0.15, -0.1) is 0 Å². The Labute approximate surface area is 111 Å². The Kier molecular flexibility index (Phi) is 5.14. The fraction of sp³-hybridized carbons (Fsp3) is 0.667. The van der Waals surface area contributed by atoms with Crippen LogP contribution < -0.4 is 5.32 Å². The van der Waals surface area contributed by atoms with Crippen LogP contribution in [0.4, 0.5) is 0 Å². The lowest BCUT2D eigenvalue weighted by Crippen LogP contribution is -2.41. The van der Waals surface area contributed by atoms with Gasteiger partial charge in [-0.1, -0.05) is 13.0 Å². The van der Waals surface area contributed by atoms with Crippen molar-refractivity contribution in [3.8, 4) is 0 Å². The lowest BCUT2D eigenvalue weighted by atomic mass is 9.90. The average molecular weight is 247 g/mol. The molecular weight excluding hydrogens is 222 g/mol. The van der Waals surface area contributed by atoms with Crippen molar-refractivity contribution in [3.63, 3.8) is 0 Å². The molecule has 1 aliphatic heterocycles. The molecule has 2 heterocycles. The minimum absolute atomic E-state index is 0.601. The topological polar surface area (TPSA) is 28.2 Å². The Bertz CT molecular complexity index is 331. The average Bonchev–Trinajstić information content (AvgIpc) is 2.46. The first kappa shape index (κ1) is 13.5. The van der Waals surface area contributed by atoms with Crippen LogP contribution in [0.25, 0.3) is 0 Å². The van der Waals surface area contributed by atoms with Gasteiger partial charge in [0.2, 0.25) is 0 Å². The Hall–Kier alpha value is -0.930. The summed E-state index contributed by atoms with van der Waals surface area (Å²) in [4.78, 5) is 6.70. The van der Waals surface area contributed by atoms with Gasteiger partial charge < -0.3 is 10.2 Å². The molecule has 1 atom stereocenters. The number of likely N-dealkylation sites (tertiary alicyclic amines) is 1. The molecule has 18 heavy (non-hydrogen) atoms. The minimum atomic E-state index is 0.601. The van der Waals surface area contributed by atoms with Gasteiger partial charge in [-0.05, 0) is 56.9 Å². The highest BCUT2D eigenvalue weighted by Crippen LogP contribution is 2.20. The standard InChI is InChI=1S/C15H25N3/c1-3-18-9-6-15(7-10-18)13(2)17-12-14-5-4-8-16-11-14/h4-5,8,11,13,15,17H,3,6-7,9-10,12H2,1-2H3. The molecular formula is C15H25N3. The molecule has 100 valence electrons. The third kappa shape index (κ3) is 3.79. The van der Waals surface area contributed by atoms with Crippen LogP contribution in [-0.2, 0) is 6.54 Å². The van der Waals surface area contributed by atoms with Crippen molar-refractivity contribution in [3.05, 3.63) is 30.1 Å². The van der Waals surface area contributed by atoms with E-state index in [9.17, 15) is 0 Å².